The van der Waals surface area contributed by atoms with E-state index >= 15 is 0 Å². The number of nitrogens with one attached hydrogen (secondary N) is 1. The lowest BCUT2D eigenvalue weighted by molar-refractivity contribution is -0.140. The van der Waals surface area contributed by atoms with Gasteiger partial charge in [-0.25, -0.2) is 4.39 Å². The summed E-state index contributed by atoms with van der Waals surface area (Å²) in [6, 6.07) is 10.4. The number of hydrogen-bond acceptors (Lipinski definition) is 4. The van der Waals surface area contributed by atoms with Gasteiger partial charge < -0.3 is 19.9 Å². The molecule has 0 aliphatic carbocycles. The highest BCUT2D eigenvalue weighted by Gasteiger charge is 2.37. The van der Waals surface area contributed by atoms with Gasteiger partial charge >= 0.3 is 0 Å². The summed E-state index contributed by atoms with van der Waals surface area (Å²) in [5.41, 5.74) is -0.823. The van der Waals surface area contributed by atoms with E-state index in [2.05, 4.69) is 17.2 Å². The summed E-state index contributed by atoms with van der Waals surface area (Å²) in [4.78, 5) is 12.6. The number of terminal acetylenes is 2. The second-order valence-corrected chi connectivity index (χ2v) is 6.23. The third kappa shape index (κ3) is 5.51. The van der Waals surface area contributed by atoms with E-state index in [1.807, 2.05) is 6.07 Å². The van der Waals surface area contributed by atoms with Crippen LogP contribution in [0.5, 0.6) is 11.5 Å². The molecule has 150 valence electrons. The Labute approximate surface area is 169 Å². The Kier molecular flexibility index (Phi) is 7.65. The molecule has 0 bridgehead atoms. The zero-order valence-electron chi connectivity index (χ0n) is 16.1. The molecule has 0 aromatic heterocycles. The molecule has 6 heteroatoms. The fraction of sp³-hybridized carbons (Fsp3) is 0.261. The largest absolute Gasteiger partial charge is 0.493 e. The first-order chi connectivity index (χ1) is 13.9. The smallest absolute Gasteiger partial charge is 0.257 e. The van der Waals surface area contributed by atoms with Crippen molar-refractivity contribution in [3.05, 3.63) is 59.4 Å². The standard InChI is InChI=1S/C23H22FNO4/c1-4-13-23(27,18-7-9-19(24)10-8-18)22(26)25-14-12-17-6-11-20(29-15-5-2)21(16-17)28-3/h1-2,6-11,16,27H,12-15H2,3H3,(H,25,26)/t23-/m0/s1. The molecule has 0 aliphatic rings. The van der Waals surface area contributed by atoms with Gasteiger partial charge in [-0.3, -0.25) is 4.79 Å². The summed E-state index contributed by atoms with van der Waals surface area (Å²) in [6.45, 7) is 0.379. The molecule has 5 nitrogen and oxygen atoms in total. The molecule has 2 aromatic rings. The molecule has 0 heterocycles. The quantitative estimate of drug-likeness (QED) is 0.640. The molecule has 0 radical (unpaired) electrons. The van der Waals surface area contributed by atoms with E-state index in [4.69, 9.17) is 22.3 Å². The Morgan fingerprint density at radius 3 is 2.52 bits per heavy atom. The Hall–Kier alpha value is -3.48. The van der Waals surface area contributed by atoms with Crippen LogP contribution >= 0.6 is 0 Å². The van der Waals surface area contributed by atoms with Crippen LogP contribution in [0.25, 0.3) is 0 Å². The van der Waals surface area contributed by atoms with Gasteiger partial charge in [0.2, 0.25) is 0 Å². The maximum Gasteiger partial charge on any atom is 0.257 e. The number of ether oxygens (including phenoxy) is 2. The van der Waals surface area contributed by atoms with Crippen molar-refractivity contribution in [2.24, 2.45) is 0 Å². The molecule has 2 rings (SSSR count). The van der Waals surface area contributed by atoms with E-state index < -0.39 is 17.3 Å². The van der Waals surface area contributed by atoms with Crippen LogP contribution < -0.4 is 14.8 Å². The van der Waals surface area contributed by atoms with E-state index in [1.165, 1.54) is 31.4 Å². The summed E-state index contributed by atoms with van der Waals surface area (Å²) in [7, 11) is 1.52. The Morgan fingerprint density at radius 1 is 1.17 bits per heavy atom. The van der Waals surface area contributed by atoms with Crippen LogP contribution in [0.4, 0.5) is 4.39 Å². The molecule has 0 fully saturated rings. The third-order valence-corrected chi connectivity index (χ3v) is 4.29. The minimum Gasteiger partial charge on any atom is -0.493 e. The molecule has 29 heavy (non-hydrogen) atoms. The molecular formula is C23H22FNO4. The second kappa shape index (κ2) is 10.2. The van der Waals surface area contributed by atoms with Gasteiger partial charge in [0.05, 0.1) is 13.5 Å². The molecule has 2 aromatic carbocycles. The van der Waals surface area contributed by atoms with Gasteiger partial charge in [0.15, 0.2) is 17.1 Å². The number of halogens is 1. The van der Waals surface area contributed by atoms with Crippen LogP contribution in [0.3, 0.4) is 0 Å². The first-order valence-corrected chi connectivity index (χ1v) is 8.88. The van der Waals surface area contributed by atoms with Gasteiger partial charge in [0.1, 0.15) is 12.4 Å². The van der Waals surface area contributed by atoms with Crippen molar-refractivity contribution in [1.29, 1.82) is 0 Å². The number of rotatable bonds is 9. The summed E-state index contributed by atoms with van der Waals surface area (Å²) >= 11 is 0. The number of carbonyl (C=O) groups is 1. The lowest BCUT2D eigenvalue weighted by Gasteiger charge is -2.25. The van der Waals surface area contributed by atoms with Crippen molar-refractivity contribution in [1.82, 2.24) is 5.32 Å². The monoisotopic (exact) mass is 395 g/mol. The maximum absolute atomic E-state index is 13.2. The van der Waals surface area contributed by atoms with Gasteiger partial charge in [-0.2, -0.15) is 0 Å². The Morgan fingerprint density at radius 2 is 1.90 bits per heavy atom. The van der Waals surface area contributed by atoms with Crippen molar-refractivity contribution >= 4 is 5.91 Å². The highest BCUT2D eigenvalue weighted by molar-refractivity contribution is 5.86. The highest BCUT2D eigenvalue weighted by Crippen LogP contribution is 2.28. The van der Waals surface area contributed by atoms with E-state index in [0.717, 1.165) is 5.56 Å². The van der Waals surface area contributed by atoms with Gasteiger partial charge in [-0.15, -0.1) is 18.8 Å². The maximum atomic E-state index is 13.2. The first kappa shape index (κ1) is 21.8. The average Bonchev–Trinajstić information content (AvgIpc) is 2.73. The fourth-order valence-electron chi connectivity index (χ4n) is 2.76. The van der Waals surface area contributed by atoms with Crippen LogP contribution in [0.2, 0.25) is 0 Å². The first-order valence-electron chi connectivity index (χ1n) is 8.88. The summed E-state index contributed by atoms with van der Waals surface area (Å²) in [6.07, 6.45) is 10.8. The van der Waals surface area contributed by atoms with Crippen LogP contribution in [-0.2, 0) is 16.8 Å². The van der Waals surface area contributed by atoms with Crippen LogP contribution in [0.1, 0.15) is 17.5 Å². The molecule has 0 saturated carbocycles. The highest BCUT2D eigenvalue weighted by atomic mass is 19.1. The van der Waals surface area contributed by atoms with Gasteiger partial charge in [0, 0.05) is 6.54 Å². The third-order valence-electron chi connectivity index (χ3n) is 4.29. The van der Waals surface area contributed by atoms with Crippen molar-refractivity contribution in [3.8, 4) is 36.2 Å². The number of amides is 1. The number of aliphatic hydroxyl groups is 1. The summed E-state index contributed by atoms with van der Waals surface area (Å²) < 4.78 is 23.8. The van der Waals surface area contributed by atoms with Crippen LogP contribution in [0, 0.1) is 30.5 Å². The topological polar surface area (TPSA) is 67.8 Å². The van der Waals surface area contributed by atoms with Crippen molar-refractivity contribution < 1.29 is 23.8 Å². The van der Waals surface area contributed by atoms with Crippen LogP contribution in [0.15, 0.2) is 42.5 Å². The number of carbonyl (C=O) groups excluding carboxylic acids is 1. The van der Waals surface area contributed by atoms with E-state index in [9.17, 15) is 14.3 Å². The Bertz CT molecular complexity index is 927. The SMILES string of the molecule is C#CCOc1ccc(CCNC(=O)[C@](O)(CC#C)c2ccc(F)cc2)cc1OC. The lowest BCUT2D eigenvalue weighted by Crippen LogP contribution is -2.45. The van der Waals surface area contributed by atoms with Gasteiger partial charge in [-0.05, 0) is 41.8 Å². The lowest BCUT2D eigenvalue weighted by atomic mass is 9.89. The molecular weight excluding hydrogens is 373 g/mol. The van der Waals surface area contributed by atoms with E-state index in [1.54, 1.807) is 12.1 Å². The number of benzene rings is 2. The van der Waals surface area contributed by atoms with Crippen molar-refractivity contribution in [2.75, 3.05) is 20.3 Å². The summed E-state index contributed by atoms with van der Waals surface area (Å²) in [5.74, 6) is 4.62. The molecule has 1 amide bonds. The predicted molar refractivity (Wildman–Crippen MR) is 108 cm³/mol. The zero-order valence-corrected chi connectivity index (χ0v) is 16.1. The molecule has 0 aliphatic heterocycles. The van der Waals surface area contributed by atoms with Gasteiger partial charge in [0.25, 0.3) is 5.91 Å². The molecule has 0 unspecified atom stereocenters. The van der Waals surface area contributed by atoms with Gasteiger partial charge in [-0.1, -0.05) is 24.1 Å². The molecule has 0 spiro atoms. The minimum atomic E-state index is -1.94. The normalized spacial score (nSPS) is 12.2. The van der Waals surface area contributed by atoms with Crippen LogP contribution in [-0.4, -0.2) is 31.3 Å². The average molecular weight is 395 g/mol. The zero-order chi connectivity index (χ0) is 21.3. The summed E-state index contributed by atoms with van der Waals surface area (Å²) in [5, 5.41) is 13.5. The molecule has 2 N–H and O–H groups in total. The van der Waals surface area contributed by atoms with Crippen molar-refractivity contribution in [2.45, 2.75) is 18.4 Å². The minimum absolute atomic E-state index is 0.128. The second-order valence-electron chi connectivity index (χ2n) is 6.23. The molecule has 0 saturated heterocycles. The predicted octanol–water partition coefficient (Wildman–Crippen LogP) is 2.42. The number of hydrogen-bond donors (Lipinski definition) is 2. The number of methoxy groups -OCH3 is 1. The van der Waals surface area contributed by atoms with Crippen molar-refractivity contribution in [3.63, 3.8) is 0 Å². The van der Waals surface area contributed by atoms with E-state index in [0.29, 0.717) is 17.9 Å². The van der Waals surface area contributed by atoms with E-state index in [-0.39, 0.29) is 25.1 Å². The Balaban J connectivity index is 2.04. The fourth-order valence-corrected chi connectivity index (χ4v) is 2.76. The molecule has 1 atom stereocenters.